The Morgan fingerprint density at radius 1 is 1.00 bits per heavy atom. The molecule has 0 amide bonds. The number of hydrogen-bond acceptors (Lipinski definition) is 6. The maximum absolute atomic E-state index is 5.55. The van der Waals surface area contributed by atoms with Crippen LogP contribution in [-0.2, 0) is 6.54 Å². The van der Waals surface area contributed by atoms with Gasteiger partial charge in [0.2, 0.25) is 0 Å². The lowest BCUT2D eigenvalue weighted by atomic mass is 9.93. The number of piperazine rings is 1. The van der Waals surface area contributed by atoms with E-state index in [4.69, 9.17) is 4.42 Å². The van der Waals surface area contributed by atoms with Crippen molar-refractivity contribution in [1.29, 1.82) is 0 Å². The standard InChI is InChI=1S/C24H32N6O/c1-19-9-11-20(12-10-19)23(24-25-26-27-30(24)18-22-8-5-17-31-22)29-15-13-28(14-16-29)21-6-3-2-4-7-21/h5,8-12,17,21,23H,2-4,6-7,13-16,18H2,1H3/t23-/m1/s1. The number of nitrogens with zero attached hydrogens (tertiary/aromatic N) is 6. The molecule has 164 valence electrons. The van der Waals surface area contributed by atoms with E-state index in [0.29, 0.717) is 6.54 Å². The first kappa shape index (κ1) is 20.4. The molecule has 0 unspecified atom stereocenters. The van der Waals surface area contributed by atoms with Crippen molar-refractivity contribution in [1.82, 2.24) is 30.0 Å². The maximum atomic E-state index is 5.55. The monoisotopic (exact) mass is 420 g/mol. The molecule has 2 aliphatic rings. The number of furan rings is 1. The number of rotatable bonds is 6. The fraction of sp³-hybridized carbons (Fsp3) is 0.542. The van der Waals surface area contributed by atoms with Crippen molar-refractivity contribution in [2.75, 3.05) is 26.2 Å². The Kier molecular flexibility index (Phi) is 6.13. The van der Waals surface area contributed by atoms with Crippen molar-refractivity contribution in [3.05, 3.63) is 65.4 Å². The fourth-order valence-corrected chi connectivity index (χ4v) is 5.15. The molecule has 0 radical (unpaired) electrons. The summed E-state index contributed by atoms with van der Waals surface area (Å²) in [4.78, 5) is 5.27. The molecular formula is C24H32N6O. The average molecular weight is 421 g/mol. The second-order valence-corrected chi connectivity index (χ2v) is 8.95. The molecule has 0 bridgehead atoms. The molecule has 2 aromatic heterocycles. The molecule has 2 fully saturated rings. The molecule has 31 heavy (non-hydrogen) atoms. The van der Waals surface area contributed by atoms with Crippen molar-refractivity contribution >= 4 is 0 Å². The molecule has 3 aromatic rings. The van der Waals surface area contributed by atoms with Crippen molar-refractivity contribution in [3.63, 3.8) is 0 Å². The van der Waals surface area contributed by atoms with Crippen LogP contribution >= 0.6 is 0 Å². The minimum Gasteiger partial charge on any atom is -0.467 e. The van der Waals surface area contributed by atoms with Crippen LogP contribution in [0, 0.1) is 6.92 Å². The van der Waals surface area contributed by atoms with Gasteiger partial charge in [-0.2, -0.15) is 0 Å². The van der Waals surface area contributed by atoms with Crippen LogP contribution in [0.15, 0.2) is 47.1 Å². The molecule has 1 aliphatic carbocycles. The van der Waals surface area contributed by atoms with Crippen molar-refractivity contribution < 1.29 is 4.42 Å². The third-order valence-electron chi connectivity index (χ3n) is 6.89. The molecule has 7 nitrogen and oxygen atoms in total. The van der Waals surface area contributed by atoms with Crippen LogP contribution in [0.1, 0.15) is 60.9 Å². The van der Waals surface area contributed by atoms with E-state index >= 15 is 0 Å². The predicted molar refractivity (Wildman–Crippen MR) is 119 cm³/mol. The topological polar surface area (TPSA) is 63.2 Å². The van der Waals surface area contributed by atoms with Gasteiger partial charge in [-0.3, -0.25) is 9.80 Å². The lowest BCUT2D eigenvalue weighted by molar-refractivity contribution is 0.0620. The average Bonchev–Trinajstić information content (AvgIpc) is 3.49. The zero-order chi connectivity index (χ0) is 21.0. The van der Waals surface area contributed by atoms with Gasteiger partial charge in [0.1, 0.15) is 12.3 Å². The largest absolute Gasteiger partial charge is 0.467 e. The van der Waals surface area contributed by atoms with Gasteiger partial charge in [-0.25, -0.2) is 4.68 Å². The molecule has 3 heterocycles. The molecule has 7 heteroatoms. The highest BCUT2D eigenvalue weighted by Crippen LogP contribution is 2.30. The normalized spacial score (nSPS) is 20.2. The smallest absolute Gasteiger partial charge is 0.173 e. The van der Waals surface area contributed by atoms with Crippen molar-refractivity contribution in [2.45, 2.75) is 57.7 Å². The Labute approximate surface area is 184 Å². The van der Waals surface area contributed by atoms with Crippen LogP contribution in [0.3, 0.4) is 0 Å². The summed E-state index contributed by atoms with van der Waals surface area (Å²) in [5.74, 6) is 1.74. The Balaban J connectivity index is 1.39. The Morgan fingerprint density at radius 3 is 2.48 bits per heavy atom. The van der Waals surface area contributed by atoms with Gasteiger partial charge in [0, 0.05) is 32.2 Å². The van der Waals surface area contributed by atoms with Crippen LogP contribution < -0.4 is 0 Å². The SMILES string of the molecule is Cc1ccc([C@H](c2nnnn2Cc2ccco2)N2CCN(C3CCCCC3)CC2)cc1. The molecule has 1 aromatic carbocycles. The second kappa shape index (κ2) is 9.32. The molecular weight excluding hydrogens is 388 g/mol. The van der Waals surface area contributed by atoms with Crippen LogP contribution in [0.2, 0.25) is 0 Å². The summed E-state index contributed by atoms with van der Waals surface area (Å²) in [5.41, 5.74) is 2.51. The van der Waals surface area contributed by atoms with E-state index in [0.717, 1.165) is 43.8 Å². The quantitative estimate of drug-likeness (QED) is 0.606. The van der Waals surface area contributed by atoms with Crippen molar-refractivity contribution in [2.24, 2.45) is 0 Å². The van der Waals surface area contributed by atoms with Gasteiger partial charge in [0.25, 0.3) is 0 Å². The molecule has 1 saturated heterocycles. The van der Waals surface area contributed by atoms with Crippen molar-refractivity contribution in [3.8, 4) is 0 Å². The van der Waals surface area contributed by atoms with E-state index in [1.807, 2.05) is 16.8 Å². The highest BCUT2D eigenvalue weighted by atomic mass is 16.3. The third kappa shape index (κ3) is 4.57. The van der Waals surface area contributed by atoms with Gasteiger partial charge in [-0.15, -0.1) is 5.10 Å². The van der Waals surface area contributed by atoms with Crippen LogP contribution in [-0.4, -0.2) is 62.2 Å². The summed E-state index contributed by atoms with van der Waals surface area (Å²) < 4.78 is 7.44. The summed E-state index contributed by atoms with van der Waals surface area (Å²) in [6.07, 6.45) is 8.61. The van der Waals surface area contributed by atoms with Gasteiger partial charge in [-0.05, 0) is 47.9 Å². The van der Waals surface area contributed by atoms with E-state index in [1.165, 1.54) is 43.2 Å². The van der Waals surface area contributed by atoms with E-state index in [9.17, 15) is 0 Å². The number of aromatic nitrogens is 4. The Morgan fingerprint density at radius 2 is 1.77 bits per heavy atom. The predicted octanol–water partition coefficient (Wildman–Crippen LogP) is 3.66. The molecule has 1 atom stereocenters. The summed E-state index contributed by atoms with van der Waals surface area (Å²) in [5, 5.41) is 12.8. The zero-order valence-corrected chi connectivity index (χ0v) is 18.4. The minimum absolute atomic E-state index is 0.0408. The molecule has 0 N–H and O–H groups in total. The van der Waals surface area contributed by atoms with Gasteiger partial charge in [0.05, 0.1) is 12.3 Å². The van der Waals surface area contributed by atoms with Gasteiger partial charge in [0.15, 0.2) is 5.82 Å². The number of tetrazole rings is 1. The third-order valence-corrected chi connectivity index (χ3v) is 6.89. The summed E-state index contributed by atoms with van der Waals surface area (Å²) in [6, 6.07) is 13.5. The van der Waals surface area contributed by atoms with Gasteiger partial charge >= 0.3 is 0 Å². The Bertz CT molecular complexity index is 937. The fourth-order valence-electron chi connectivity index (χ4n) is 5.15. The molecule has 1 saturated carbocycles. The highest BCUT2D eigenvalue weighted by molar-refractivity contribution is 5.28. The lowest BCUT2D eigenvalue weighted by Gasteiger charge is -2.43. The maximum Gasteiger partial charge on any atom is 0.173 e. The summed E-state index contributed by atoms with van der Waals surface area (Å²) in [6.45, 7) is 6.97. The highest BCUT2D eigenvalue weighted by Gasteiger charge is 2.32. The zero-order valence-electron chi connectivity index (χ0n) is 18.4. The molecule has 1 aliphatic heterocycles. The summed E-state index contributed by atoms with van der Waals surface area (Å²) >= 11 is 0. The van der Waals surface area contributed by atoms with E-state index in [-0.39, 0.29) is 6.04 Å². The van der Waals surface area contributed by atoms with Gasteiger partial charge < -0.3 is 4.42 Å². The first-order chi connectivity index (χ1) is 15.3. The number of aryl methyl sites for hydroxylation is 1. The lowest BCUT2D eigenvalue weighted by Crippen LogP contribution is -2.52. The minimum atomic E-state index is 0.0408. The number of benzene rings is 1. The van der Waals surface area contributed by atoms with Crippen LogP contribution in [0.5, 0.6) is 0 Å². The van der Waals surface area contributed by atoms with E-state index in [1.54, 1.807) is 6.26 Å². The van der Waals surface area contributed by atoms with Crippen LogP contribution in [0.25, 0.3) is 0 Å². The Hall–Kier alpha value is -2.51. The van der Waals surface area contributed by atoms with Gasteiger partial charge in [-0.1, -0.05) is 49.1 Å². The molecule has 0 spiro atoms. The second-order valence-electron chi connectivity index (χ2n) is 8.95. The van der Waals surface area contributed by atoms with Crippen LogP contribution in [0.4, 0.5) is 0 Å². The van der Waals surface area contributed by atoms with E-state index < -0.39 is 0 Å². The summed E-state index contributed by atoms with van der Waals surface area (Å²) in [7, 11) is 0. The van der Waals surface area contributed by atoms with E-state index in [2.05, 4.69) is 56.5 Å². The first-order valence-corrected chi connectivity index (χ1v) is 11.6. The first-order valence-electron chi connectivity index (χ1n) is 11.6. The number of hydrogen-bond donors (Lipinski definition) is 0. The molecule has 5 rings (SSSR count).